The van der Waals surface area contributed by atoms with Crippen LogP contribution in [0.3, 0.4) is 0 Å². The van der Waals surface area contributed by atoms with Gasteiger partial charge in [0.05, 0.1) is 80.7 Å². The second-order valence-electron chi connectivity index (χ2n) is 33.1. The number of terminal acetylenes is 4. The zero-order valence-corrected chi connectivity index (χ0v) is 77.5. The first-order chi connectivity index (χ1) is 65.0. The fraction of sp³-hybridized carbons (Fsp3) is 0.333. The van der Waals surface area contributed by atoms with E-state index in [2.05, 4.69) is 83.8 Å². The number of benzene rings is 4. The fourth-order valence-corrected chi connectivity index (χ4v) is 20.7. The molecule has 4 saturated heterocycles. The molecular formula is C96H91F8N19O9S4. The van der Waals surface area contributed by atoms with Gasteiger partial charge in [-0.3, -0.25) is 19.4 Å². The Kier molecular flexibility index (Phi) is 32.1. The summed E-state index contributed by atoms with van der Waals surface area (Å²) in [6.07, 6.45) is 35.2. The van der Waals surface area contributed by atoms with Crippen LogP contribution in [0.15, 0.2) is 142 Å². The second kappa shape index (κ2) is 43.8. The van der Waals surface area contributed by atoms with Crippen LogP contribution >= 0.6 is 47.0 Å². The van der Waals surface area contributed by atoms with E-state index >= 15 is 17.6 Å². The van der Waals surface area contributed by atoms with Crippen LogP contribution in [0.4, 0.5) is 39.9 Å². The Morgan fingerprint density at radius 1 is 0.441 bits per heavy atom. The summed E-state index contributed by atoms with van der Waals surface area (Å²) >= 11 is 5.67. The van der Waals surface area contributed by atoms with Gasteiger partial charge in [-0.2, -0.15) is 0 Å². The molecule has 0 aliphatic carbocycles. The summed E-state index contributed by atoms with van der Waals surface area (Å²) in [5.41, 5.74) is 16.2. The van der Waals surface area contributed by atoms with E-state index in [1.165, 1.54) is 201 Å². The van der Waals surface area contributed by atoms with Crippen molar-refractivity contribution in [2.24, 2.45) is 60.8 Å². The lowest BCUT2D eigenvalue weighted by Gasteiger charge is -2.36. The van der Waals surface area contributed by atoms with E-state index in [0.717, 1.165) is 12.3 Å². The zero-order chi connectivity index (χ0) is 97.4. The number of hydrogen-bond acceptors (Lipinski definition) is 29. The number of likely N-dealkylation sites (tertiary alicyclic amines) is 3. The lowest BCUT2D eigenvalue weighted by Crippen LogP contribution is -2.41. The first-order valence-corrected chi connectivity index (χ1v) is 46.1. The Balaban J connectivity index is 0.000000154. The Labute approximate surface area is 796 Å². The number of carbonyl (C=O) groups excluding carboxylic acids is 4. The molecule has 0 bridgehead atoms. The topological polar surface area (TPSA) is 367 Å². The van der Waals surface area contributed by atoms with Gasteiger partial charge in [0, 0.05) is 116 Å². The first-order valence-electron chi connectivity index (χ1n) is 42.1. The maximum atomic E-state index is 15.3. The van der Waals surface area contributed by atoms with E-state index in [4.69, 9.17) is 71.6 Å². The maximum absolute atomic E-state index is 15.3. The van der Waals surface area contributed by atoms with Crippen LogP contribution in [0.2, 0.25) is 0 Å². The van der Waals surface area contributed by atoms with Crippen molar-refractivity contribution < 1.29 is 78.0 Å². The number of rotatable bonds is 22. The van der Waals surface area contributed by atoms with Crippen LogP contribution in [0, 0.1) is 96.3 Å². The van der Waals surface area contributed by atoms with Crippen LogP contribution in [-0.2, 0) is 41.3 Å². The van der Waals surface area contributed by atoms with Crippen molar-refractivity contribution in [1.82, 2.24) is 59.9 Å². The standard InChI is InChI=1S/C26H27F2N5O3S.C26H24F2N4O3S.C23H21F2N5O2S.C21H19F2N5OS/c1-5-8-35-22-12-30-21(11-31-22)20(28)10-16-6-7-19(27)18(9-16)26-15-33(24(34)36-25(2,3)4)13-17(26)14-37-23(29)32-26;1-4-7-35-24-12-29-23(11-30-24)22(28)10-18-5-6-21(27)20(9-18)26-15-32(17(3)34)13-19(26)14-36-25(31-26)8-16(2)33;1-3-6-32-21-10-27-20(9-28-21)19(25)8-15-4-5-18(24)17(7-15)23-13-30(14(2)31)11-16(23)12-33-22(26)29-23;1-2-5-29-19-10-26-18(9-27-19)17(23)7-13-3-4-16(22)15(6-13)21-12-25-8-14(21)11-30-20(24)28-21/h1,6-7,9-12,17H,8,13-15H2,2-4H3,(H2,29,32);1,5-6,9-12,19H,7-8,13-15H2,2-3H3;1,4-5,7-10,16H,6,11-13H2,2H3,(H2,26,29);1,3-4,6-7,9-10,14,25H,5,8,11-12H2,(H2,24,28)/b20-10-;22-10-;19-8-;17-7-/t17-,26-;19-,26-;16-,23-;14-,21-/m0000/s1. The van der Waals surface area contributed by atoms with Gasteiger partial charge < -0.3 is 60.9 Å². The summed E-state index contributed by atoms with van der Waals surface area (Å²) in [6, 6.07) is 17.3. The Morgan fingerprint density at radius 2 is 0.743 bits per heavy atom. The fourth-order valence-electron chi connectivity index (χ4n) is 16.4. The number of hydrogen-bond donors (Lipinski definition) is 4. The van der Waals surface area contributed by atoms with Crippen molar-refractivity contribution in [3.8, 4) is 72.9 Å². The van der Waals surface area contributed by atoms with Gasteiger partial charge >= 0.3 is 6.09 Å². The molecule has 28 nitrogen and oxygen atoms in total. The molecular weight excluding hydrogens is 1840 g/mol. The number of nitrogens with one attached hydrogen (secondary N) is 1. The average Bonchev–Trinajstić information content (AvgIpc) is 1.60. The highest BCUT2D eigenvalue weighted by atomic mass is 32.2. The highest BCUT2D eigenvalue weighted by Gasteiger charge is 2.56. The number of ketones is 1. The number of aromatic nitrogens is 8. The van der Waals surface area contributed by atoms with E-state index in [1.54, 1.807) is 48.8 Å². The third-order valence-corrected chi connectivity index (χ3v) is 26.8. The summed E-state index contributed by atoms with van der Waals surface area (Å²) < 4.78 is 146. The largest absolute Gasteiger partial charge is 0.463 e. The lowest BCUT2D eigenvalue weighted by atomic mass is 9.80. The van der Waals surface area contributed by atoms with Crippen molar-refractivity contribution in [2.75, 3.05) is 102 Å². The van der Waals surface area contributed by atoms with Gasteiger partial charge in [0.25, 0.3) is 0 Å². The quantitative estimate of drug-likeness (QED) is 0.0362. The van der Waals surface area contributed by atoms with E-state index in [1.807, 2.05) is 0 Å². The van der Waals surface area contributed by atoms with Crippen molar-refractivity contribution in [3.05, 3.63) is 213 Å². The third kappa shape index (κ3) is 23.6. The van der Waals surface area contributed by atoms with Gasteiger partial charge in [-0.1, -0.05) is 83.2 Å². The van der Waals surface area contributed by atoms with Gasteiger partial charge in [0.1, 0.15) is 79.6 Å². The molecule has 0 saturated carbocycles. The van der Waals surface area contributed by atoms with Crippen LogP contribution in [0.1, 0.15) is 115 Å². The minimum absolute atomic E-state index is 0.00933. The molecule has 0 spiro atoms. The van der Waals surface area contributed by atoms with E-state index in [0.29, 0.717) is 91.8 Å². The number of amides is 3. The van der Waals surface area contributed by atoms with Crippen molar-refractivity contribution >= 4 is 139 Å². The normalized spacial score (nSPS) is 22.1. The number of carbonyl (C=O) groups is 4. The summed E-state index contributed by atoms with van der Waals surface area (Å²) in [5.74, 6) is 7.28. The molecule has 0 radical (unpaired) electrons. The number of nitrogens with two attached hydrogens (primary N) is 3. The molecule has 7 N–H and O–H groups in total. The molecule has 4 fully saturated rings. The Bertz CT molecular complexity index is 6310. The number of ether oxygens (including phenoxy) is 5. The van der Waals surface area contributed by atoms with Gasteiger partial charge in [0.2, 0.25) is 35.3 Å². The highest BCUT2D eigenvalue weighted by molar-refractivity contribution is 8.14. The number of amidine groups is 3. The van der Waals surface area contributed by atoms with Gasteiger partial charge in [-0.05, 0) is 123 Å². The molecule has 8 aromatic rings. The number of fused-ring (bicyclic) bond motifs is 4. The molecule has 4 aromatic heterocycles. The zero-order valence-electron chi connectivity index (χ0n) is 74.3. The second-order valence-corrected chi connectivity index (χ2v) is 37.3. The monoisotopic (exact) mass is 1930 g/mol. The van der Waals surface area contributed by atoms with E-state index in [9.17, 15) is 36.7 Å². The molecule has 0 unspecified atom stereocenters. The van der Waals surface area contributed by atoms with Crippen molar-refractivity contribution in [3.63, 3.8) is 0 Å². The summed E-state index contributed by atoms with van der Waals surface area (Å²) in [6.45, 7) is 12.8. The summed E-state index contributed by atoms with van der Waals surface area (Å²) in [5, 5.41) is 4.97. The molecule has 16 rings (SSSR count). The number of thioether (sulfide) groups is 4. The lowest BCUT2D eigenvalue weighted by molar-refractivity contribution is -0.128. The third-order valence-electron chi connectivity index (χ3n) is 22.8. The Morgan fingerprint density at radius 3 is 1.05 bits per heavy atom. The minimum atomic E-state index is -1.12. The molecule has 40 heteroatoms. The molecule has 8 aliphatic heterocycles. The minimum Gasteiger partial charge on any atom is -0.463 e. The smallest absolute Gasteiger partial charge is 0.410 e. The van der Waals surface area contributed by atoms with Gasteiger partial charge in [0.15, 0.2) is 65.2 Å². The first kappa shape index (κ1) is 99.8. The van der Waals surface area contributed by atoms with Crippen molar-refractivity contribution in [1.29, 1.82) is 0 Å². The molecule has 704 valence electrons. The van der Waals surface area contributed by atoms with Crippen LogP contribution in [-0.4, -0.2) is 206 Å². The van der Waals surface area contributed by atoms with E-state index < -0.39 is 74.6 Å². The van der Waals surface area contributed by atoms with Crippen LogP contribution in [0.25, 0.3) is 47.6 Å². The molecule has 3 amide bonds. The number of halogens is 8. The van der Waals surface area contributed by atoms with Crippen LogP contribution < -0.4 is 41.5 Å². The Hall–Kier alpha value is -13.6. The molecule has 8 atom stereocenters. The van der Waals surface area contributed by atoms with Crippen molar-refractivity contribution in [2.45, 2.75) is 75.7 Å². The molecule has 136 heavy (non-hydrogen) atoms. The van der Waals surface area contributed by atoms with Crippen LogP contribution in [0.5, 0.6) is 23.5 Å². The predicted molar refractivity (Wildman–Crippen MR) is 510 cm³/mol. The summed E-state index contributed by atoms with van der Waals surface area (Å²) in [4.78, 5) is 104. The molecule has 8 aliphatic rings. The number of aliphatic imine (C=N–C) groups is 4. The SMILES string of the molecule is C#CCOc1cnc(/C(F)=C/c2ccc(F)c([C@]34CN(C(=O)OC(C)(C)C)C[C@H]3CSC(N)=N4)c2)cn1.C#CCOc1cnc(/C(F)=C/c2ccc(F)c([C@]34CN(C(C)=O)C[C@H]3CSC(CC(C)=O)=N4)c2)cn1.C#CCOc1cnc(/C(F)=C/c2ccc(F)c([C@]34CN(C(C)=O)C[C@H]3CSC(N)=N4)c2)cn1.C#CCOc1cnc(/C(F)=C/c2ccc(F)c([C@]34CNC[C@H]3CSC(N)=N4)c2)cn1. The predicted octanol–water partition coefficient (Wildman–Crippen LogP) is 13.5. The van der Waals surface area contributed by atoms with Gasteiger partial charge in [-0.25, -0.2) is 94.8 Å². The van der Waals surface area contributed by atoms with E-state index in [-0.39, 0.29) is 163 Å². The average molecular weight is 1940 g/mol. The molecule has 4 aromatic carbocycles. The summed E-state index contributed by atoms with van der Waals surface area (Å²) in [7, 11) is 0. The molecule has 12 heterocycles. The number of Topliss-reactive ketones (excluding diaryl/α,β-unsaturated/α-hetero) is 1. The number of nitrogens with zero attached hydrogens (tertiary/aromatic N) is 15. The highest BCUT2D eigenvalue weighted by Crippen LogP contribution is 2.52. The van der Waals surface area contributed by atoms with Gasteiger partial charge in [-0.15, -0.1) is 37.5 Å². The maximum Gasteiger partial charge on any atom is 0.410 e.